The molecule has 0 bridgehead atoms. The second-order valence-corrected chi connectivity index (χ2v) is 7.79. The number of ether oxygens (including phenoxy) is 1. The Morgan fingerprint density at radius 3 is 2.53 bits per heavy atom. The van der Waals surface area contributed by atoms with Crippen molar-refractivity contribution in [2.24, 2.45) is 0 Å². The van der Waals surface area contributed by atoms with E-state index in [1.165, 1.54) is 0 Å². The molecular weight excluding hydrogens is 424 g/mol. The van der Waals surface area contributed by atoms with Crippen molar-refractivity contribution >= 4 is 23.2 Å². The van der Waals surface area contributed by atoms with Gasteiger partial charge < -0.3 is 10.1 Å². The van der Waals surface area contributed by atoms with Crippen LogP contribution in [0.3, 0.4) is 0 Å². The smallest absolute Gasteiger partial charge is 0.295 e. The summed E-state index contributed by atoms with van der Waals surface area (Å²) in [7, 11) is 0. The summed E-state index contributed by atoms with van der Waals surface area (Å²) in [5.74, 6) is 0.962. The van der Waals surface area contributed by atoms with Gasteiger partial charge in [-0.25, -0.2) is 9.67 Å². The van der Waals surface area contributed by atoms with Gasteiger partial charge in [0.2, 0.25) is 5.82 Å². The van der Waals surface area contributed by atoms with Gasteiger partial charge in [0, 0.05) is 16.3 Å². The Kier molecular flexibility index (Phi) is 6.23. The van der Waals surface area contributed by atoms with Gasteiger partial charge in [0.15, 0.2) is 5.82 Å². The minimum Gasteiger partial charge on any atom is -0.494 e. The summed E-state index contributed by atoms with van der Waals surface area (Å²) in [6, 6.07) is 20.7. The average molecular weight is 447 g/mol. The predicted octanol–water partition coefficient (Wildman–Crippen LogP) is 5.86. The number of benzene rings is 3. The van der Waals surface area contributed by atoms with Crippen LogP contribution < -0.4 is 10.1 Å². The monoisotopic (exact) mass is 446 g/mol. The summed E-state index contributed by atoms with van der Waals surface area (Å²) in [5, 5.41) is 7.97. The SMILES string of the molecule is CCOc1ccc(NC(=O)c2nc(-c3cccc(C)c3)n(-c3ccc(C)c(Cl)c3)n2)cc1. The zero-order chi connectivity index (χ0) is 22.7. The maximum atomic E-state index is 12.9. The fourth-order valence-electron chi connectivity index (χ4n) is 3.26. The average Bonchev–Trinajstić information content (AvgIpc) is 3.23. The van der Waals surface area contributed by atoms with E-state index in [9.17, 15) is 4.79 Å². The lowest BCUT2D eigenvalue weighted by Gasteiger charge is -2.08. The van der Waals surface area contributed by atoms with Crippen molar-refractivity contribution in [1.29, 1.82) is 0 Å². The number of aromatic nitrogens is 3. The van der Waals surface area contributed by atoms with E-state index in [0.29, 0.717) is 23.1 Å². The molecule has 1 heterocycles. The Bertz CT molecular complexity index is 1270. The lowest BCUT2D eigenvalue weighted by atomic mass is 10.1. The van der Waals surface area contributed by atoms with Crippen molar-refractivity contribution in [3.63, 3.8) is 0 Å². The molecule has 0 aliphatic carbocycles. The molecule has 32 heavy (non-hydrogen) atoms. The highest BCUT2D eigenvalue weighted by Crippen LogP contribution is 2.25. The number of hydrogen-bond acceptors (Lipinski definition) is 4. The third-order valence-corrected chi connectivity index (χ3v) is 5.32. The van der Waals surface area contributed by atoms with Crippen LogP contribution in [0, 0.1) is 13.8 Å². The van der Waals surface area contributed by atoms with Crippen LogP contribution in [0.5, 0.6) is 5.75 Å². The summed E-state index contributed by atoms with van der Waals surface area (Å²) in [6.07, 6.45) is 0. The number of halogens is 1. The minimum absolute atomic E-state index is 0.0621. The molecule has 4 aromatic rings. The Balaban J connectivity index is 1.71. The van der Waals surface area contributed by atoms with Gasteiger partial charge in [-0.1, -0.05) is 41.4 Å². The molecule has 0 atom stereocenters. The number of carbonyl (C=O) groups is 1. The molecule has 0 aliphatic rings. The Morgan fingerprint density at radius 2 is 1.84 bits per heavy atom. The van der Waals surface area contributed by atoms with E-state index in [4.69, 9.17) is 16.3 Å². The third kappa shape index (κ3) is 4.65. The van der Waals surface area contributed by atoms with Gasteiger partial charge >= 0.3 is 0 Å². The number of nitrogens with zero attached hydrogens (tertiary/aromatic N) is 3. The molecule has 0 aliphatic heterocycles. The standard InChI is InChI=1S/C25H23ClN4O2/c1-4-32-21-12-9-19(10-13-21)27-25(31)23-28-24(18-7-5-6-16(2)14-18)30(29-23)20-11-8-17(3)22(26)15-20/h5-15H,4H2,1-3H3,(H,27,31). The number of anilines is 1. The normalized spacial score (nSPS) is 10.8. The van der Waals surface area contributed by atoms with Crippen LogP contribution in [0.15, 0.2) is 66.7 Å². The lowest BCUT2D eigenvalue weighted by molar-refractivity contribution is 0.101. The molecule has 0 saturated carbocycles. The first-order chi connectivity index (χ1) is 15.4. The van der Waals surface area contributed by atoms with E-state index in [1.807, 2.05) is 63.2 Å². The molecule has 6 nitrogen and oxygen atoms in total. The molecule has 0 fully saturated rings. The fourth-order valence-corrected chi connectivity index (χ4v) is 3.44. The molecule has 0 unspecified atom stereocenters. The molecule has 7 heteroatoms. The minimum atomic E-state index is -0.403. The van der Waals surface area contributed by atoms with Crippen molar-refractivity contribution < 1.29 is 9.53 Å². The highest BCUT2D eigenvalue weighted by atomic mass is 35.5. The molecule has 1 amide bonds. The van der Waals surface area contributed by atoms with E-state index in [0.717, 1.165) is 28.1 Å². The van der Waals surface area contributed by atoms with E-state index in [-0.39, 0.29) is 5.82 Å². The quantitative estimate of drug-likeness (QED) is 0.403. The number of aryl methyl sites for hydroxylation is 2. The first kappa shape index (κ1) is 21.6. The van der Waals surface area contributed by atoms with Crippen molar-refractivity contribution in [3.8, 4) is 22.8 Å². The number of carbonyl (C=O) groups excluding carboxylic acids is 1. The van der Waals surface area contributed by atoms with Gasteiger partial charge in [-0.3, -0.25) is 4.79 Å². The van der Waals surface area contributed by atoms with Gasteiger partial charge in [0.1, 0.15) is 5.75 Å². The summed E-state index contributed by atoms with van der Waals surface area (Å²) in [5.41, 5.74) is 4.25. The highest BCUT2D eigenvalue weighted by molar-refractivity contribution is 6.31. The maximum absolute atomic E-state index is 12.9. The van der Waals surface area contributed by atoms with E-state index < -0.39 is 5.91 Å². The second-order valence-electron chi connectivity index (χ2n) is 7.39. The molecule has 0 radical (unpaired) electrons. The Labute approximate surface area is 191 Å². The molecule has 0 spiro atoms. The van der Waals surface area contributed by atoms with Crippen LogP contribution in [0.4, 0.5) is 5.69 Å². The van der Waals surface area contributed by atoms with E-state index >= 15 is 0 Å². The van der Waals surface area contributed by atoms with Gasteiger partial charge in [-0.05, 0) is 68.8 Å². The van der Waals surface area contributed by atoms with Crippen molar-refractivity contribution in [1.82, 2.24) is 14.8 Å². The van der Waals surface area contributed by atoms with Crippen molar-refractivity contribution in [3.05, 3.63) is 88.7 Å². The topological polar surface area (TPSA) is 69.0 Å². The summed E-state index contributed by atoms with van der Waals surface area (Å²) in [4.78, 5) is 17.5. The van der Waals surface area contributed by atoms with Crippen LogP contribution in [0.2, 0.25) is 5.02 Å². The Morgan fingerprint density at radius 1 is 1.06 bits per heavy atom. The third-order valence-electron chi connectivity index (χ3n) is 4.91. The maximum Gasteiger partial charge on any atom is 0.295 e. The summed E-state index contributed by atoms with van der Waals surface area (Å²) >= 11 is 6.35. The van der Waals surface area contributed by atoms with Crippen LogP contribution in [0.1, 0.15) is 28.7 Å². The molecule has 3 aromatic carbocycles. The molecule has 1 N–H and O–H groups in total. The van der Waals surface area contributed by atoms with Gasteiger partial charge in [-0.2, -0.15) is 0 Å². The summed E-state index contributed by atoms with van der Waals surface area (Å²) < 4.78 is 7.09. The number of amides is 1. The van der Waals surface area contributed by atoms with Gasteiger partial charge in [-0.15, -0.1) is 5.10 Å². The fraction of sp³-hybridized carbons (Fsp3) is 0.160. The van der Waals surface area contributed by atoms with Crippen molar-refractivity contribution in [2.45, 2.75) is 20.8 Å². The van der Waals surface area contributed by atoms with Gasteiger partial charge in [0.05, 0.1) is 12.3 Å². The van der Waals surface area contributed by atoms with Gasteiger partial charge in [0.25, 0.3) is 5.91 Å². The van der Waals surface area contributed by atoms with E-state index in [2.05, 4.69) is 15.4 Å². The highest BCUT2D eigenvalue weighted by Gasteiger charge is 2.19. The number of nitrogens with one attached hydrogen (secondary N) is 1. The molecule has 4 rings (SSSR count). The van der Waals surface area contributed by atoms with Crippen LogP contribution in [0.25, 0.3) is 17.1 Å². The van der Waals surface area contributed by atoms with Crippen molar-refractivity contribution in [2.75, 3.05) is 11.9 Å². The molecule has 0 saturated heterocycles. The largest absolute Gasteiger partial charge is 0.494 e. The second kappa shape index (κ2) is 9.24. The summed E-state index contributed by atoms with van der Waals surface area (Å²) in [6.45, 7) is 6.44. The molecular formula is C25H23ClN4O2. The molecule has 1 aromatic heterocycles. The van der Waals surface area contributed by atoms with Crippen LogP contribution in [-0.4, -0.2) is 27.3 Å². The number of rotatable bonds is 6. The molecule has 162 valence electrons. The zero-order valence-electron chi connectivity index (χ0n) is 18.1. The van der Waals surface area contributed by atoms with Crippen LogP contribution in [-0.2, 0) is 0 Å². The predicted molar refractivity (Wildman–Crippen MR) is 127 cm³/mol. The zero-order valence-corrected chi connectivity index (χ0v) is 18.8. The van der Waals surface area contributed by atoms with Crippen LogP contribution >= 0.6 is 11.6 Å². The first-order valence-corrected chi connectivity index (χ1v) is 10.7. The Hall–Kier alpha value is -3.64. The lowest BCUT2D eigenvalue weighted by Crippen LogP contribution is -2.14. The van der Waals surface area contributed by atoms with E-state index in [1.54, 1.807) is 28.9 Å². The first-order valence-electron chi connectivity index (χ1n) is 10.3. The number of hydrogen-bond donors (Lipinski definition) is 1.